The van der Waals surface area contributed by atoms with Crippen molar-refractivity contribution in [3.8, 4) is 17.3 Å². The second-order valence-corrected chi connectivity index (χ2v) is 11.1. The van der Waals surface area contributed by atoms with Crippen molar-refractivity contribution in [3.05, 3.63) is 34.5 Å². The Hall–Kier alpha value is -3.66. The first-order valence-corrected chi connectivity index (χ1v) is 13.0. The zero-order valence-electron chi connectivity index (χ0n) is 21.5. The predicted octanol–water partition coefficient (Wildman–Crippen LogP) is 3.88. The monoisotopic (exact) mass is 536 g/mol. The summed E-state index contributed by atoms with van der Waals surface area (Å²) in [7, 11) is 7.81. The quantitative estimate of drug-likeness (QED) is 0.416. The average Bonchev–Trinajstić information content (AvgIpc) is 3.63. The molecular weight excluding hydrogens is 510 g/mol. The lowest BCUT2D eigenvalue weighted by atomic mass is 9.93. The number of ether oxygens (including phenoxy) is 1. The molecule has 12 heteroatoms. The summed E-state index contributed by atoms with van der Waals surface area (Å²) in [5, 5.41) is 10.7. The number of halogens is 2. The topological polar surface area (TPSA) is 107 Å². The lowest BCUT2D eigenvalue weighted by molar-refractivity contribution is 0.135. The third-order valence-electron chi connectivity index (χ3n) is 7.41. The van der Waals surface area contributed by atoms with Gasteiger partial charge in [-0.1, -0.05) is 0 Å². The standard InChI is InChI=1S/C26H26F2N8OS/c1-34(2)12-5-6-36(9-12)26-32-22-19(25(33-26)35(3)4)15-11-37-10-14(15)17(20(22)28)21-18-13(7-29)24(30)38-23(18)16(27)8-31-21/h8,12H,5-6,9-11,30H2,1-4H3. The molecule has 2 aliphatic rings. The van der Waals surface area contributed by atoms with Crippen LogP contribution in [0.4, 0.5) is 25.5 Å². The van der Waals surface area contributed by atoms with E-state index in [9.17, 15) is 9.65 Å². The third kappa shape index (κ3) is 3.57. The molecule has 0 aliphatic carbocycles. The van der Waals surface area contributed by atoms with Crippen LogP contribution < -0.4 is 15.5 Å². The van der Waals surface area contributed by atoms with E-state index < -0.39 is 11.6 Å². The van der Waals surface area contributed by atoms with Crippen LogP contribution in [-0.2, 0) is 18.0 Å². The molecule has 0 bridgehead atoms. The third-order valence-corrected chi connectivity index (χ3v) is 8.44. The van der Waals surface area contributed by atoms with Crippen molar-refractivity contribution >= 4 is 49.1 Å². The summed E-state index contributed by atoms with van der Waals surface area (Å²) in [5.74, 6) is -0.169. The fraction of sp³-hybridized carbons (Fsp3) is 0.385. The minimum absolute atomic E-state index is 0.0864. The number of nitriles is 1. The number of benzene rings is 1. The summed E-state index contributed by atoms with van der Waals surface area (Å²) >= 11 is 0.953. The molecule has 0 radical (unpaired) electrons. The molecular formula is C26H26F2N8OS. The molecule has 38 heavy (non-hydrogen) atoms. The van der Waals surface area contributed by atoms with Gasteiger partial charge in [0.2, 0.25) is 5.95 Å². The largest absolute Gasteiger partial charge is 0.389 e. The summed E-state index contributed by atoms with van der Waals surface area (Å²) in [5.41, 5.74) is 7.95. The number of anilines is 3. The maximum absolute atomic E-state index is 16.8. The highest BCUT2D eigenvalue weighted by Gasteiger charge is 2.33. The molecule has 1 atom stereocenters. The van der Waals surface area contributed by atoms with Gasteiger partial charge in [-0.05, 0) is 31.6 Å². The van der Waals surface area contributed by atoms with Crippen LogP contribution in [0.3, 0.4) is 0 Å². The minimum atomic E-state index is -0.611. The average molecular weight is 537 g/mol. The number of nitrogens with two attached hydrogens (primary N) is 1. The molecule has 3 aromatic heterocycles. The van der Waals surface area contributed by atoms with E-state index in [2.05, 4.69) is 14.8 Å². The van der Waals surface area contributed by atoms with E-state index in [1.54, 1.807) is 0 Å². The number of rotatable bonds is 4. The lowest BCUT2D eigenvalue weighted by Gasteiger charge is -2.24. The molecule has 1 saturated heterocycles. The molecule has 1 unspecified atom stereocenters. The predicted molar refractivity (Wildman–Crippen MR) is 144 cm³/mol. The first-order valence-electron chi connectivity index (χ1n) is 12.2. The molecule has 9 nitrogen and oxygen atoms in total. The second kappa shape index (κ2) is 8.97. The number of aromatic nitrogens is 3. The van der Waals surface area contributed by atoms with E-state index in [1.165, 1.54) is 0 Å². The molecule has 0 amide bonds. The van der Waals surface area contributed by atoms with Gasteiger partial charge < -0.3 is 25.2 Å². The maximum Gasteiger partial charge on any atom is 0.228 e. The van der Waals surface area contributed by atoms with E-state index in [0.717, 1.165) is 42.6 Å². The van der Waals surface area contributed by atoms with E-state index in [0.29, 0.717) is 28.8 Å². The number of fused-ring (bicyclic) bond motifs is 4. The van der Waals surface area contributed by atoms with Crippen LogP contribution in [0.5, 0.6) is 0 Å². The van der Waals surface area contributed by atoms with Gasteiger partial charge in [-0.25, -0.2) is 13.8 Å². The number of hydrogen-bond donors (Lipinski definition) is 1. The summed E-state index contributed by atoms with van der Waals surface area (Å²) in [6, 6.07) is 2.39. The summed E-state index contributed by atoms with van der Waals surface area (Å²) in [4.78, 5) is 20.0. The Bertz CT molecular complexity index is 1660. The normalized spacial score (nSPS) is 17.1. The van der Waals surface area contributed by atoms with E-state index in [-0.39, 0.29) is 50.6 Å². The molecule has 1 aromatic carbocycles. The highest BCUT2D eigenvalue weighted by Crippen LogP contribution is 2.46. The molecule has 0 spiro atoms. The second-order valence-electron chi connectivity index (χ2n) is 10.1. The Balaban J connectivity index is 1.67. The molecule has 2 N–H and O–H groups in total. The van der Waals surface area contributed by atoms with Gasteiger partial charge in [0.1, 0.15) is 22.4 Å². The van der Waals surface area contributed by atoms with Gasteiger partial charge in [0.05, 0.1) is 40.8 Å². The first-order chi connectivity index (χ1) is 18.2. The van der Waals surface area contributed by atoms with Crippen molar-refractivity contribution in [2.75, 3.05) is 56.8 Å². The van der Waals surface area contributed by atoms with E-state index in [4.69, 9.17) is 20.4 Å². The van der Waals surface area contributed by atoms with Crippen LogP contribution in [0.2, 0.25) is 0 Å². The van der Waals surface area contributed by atoms with Gasteiger partial charge in [-0.2, -0.15) is 10.2 Å². The molecule has 5 heterocycles. The molecule has 0 saturated carbocycles. The van der Waals surface area contributed by atoms with Crippen LogP contribution in [0.25, 0.3) is 32.2 Å². The zero-order chi connectivity index (χ0) is 26.9. The van der Waals surface area contributed by atoms with Crippen LogP contribution in [0, 0.1) is 23.0 Å². The number of hydrogen-bond acceptors (Lipinski definition) is 10. The Morgan fingerprint density at radius 2 is 1.92 bits per heavy atom. The fourth-order valence-corrected chi connectivity index (χ4v) is 6.37. The van der Waals surface area contributed by atoms with Crippen molar-refractivity contribution < 1.29 is 13.5 Å². The number of thiophene rings is 1. The molecule has 196 valence electrons. The fourth-order valence-electron chi connectivity index (χ4n) is 5.45. The number of likely N-dealkylation sites (N-methyl/N-ethyl adjacent to an activating group) is 1. The van der Waals surface area contributed by atoms with Crippen LogP contribution >= 0.6 is 11.3 Å². The number of pyridine rings is 1. The van der Waals surface area contributed by atoms with Gasteiger partial charge in [-0.15, -0.1) is 11.3 Å². The van der Waals surface area contributed by atoms with Gasteiger partial charge in [0.15, 0.2) is 11.6 Å². The summed E-state index contributed by atoms with van der Waals surface area (Å²) < 4.78 is 37.4. The Kier molecular flexibility index (Phi) is 5.82. The molecule has 2 aliphatic heterocycles. The van der Waals surface area contributed by atoms with Crippen molar-refractivity contribution in [1.29, 1.82) is 5.26 Å². The Labute approximate surface area is 222 Å². The smallest absolute Gasteiger partial charge is 0.228 e. The summed E-state index contributed by atoms with van der Waals surface area (Å²) in [6.07, 6.45) is 1.99. The highest BCUT2D eigenvalue weighted by atomic mass is 32.1. The van der Waals surface area contributed by atoms with Crippen molar-refractivity contribution in [3.63, 3.8) is 0 Å². The van der Waals surface area contributed by atoms with Gasteiger partial charge in [0.25, 0.3) is 0 Å². The van der Waals surface area contributed by atoms with Gasteiger partial charge in [-0.3, -0.25) is 4.98 Å². The Morgan fingerprint density at radius 3 is 2.61 bits per heavy atom. The maximum atomic E-state index is 16.8. The highest BCUT2D eigenvalue weighted by molar-refractivity contribution is 7.23. The van der Waals surface area contributed by atoms with Gasteiger partial charge >= 0.3 is 0 Å². The zero-order valence-corrected chi connectivity index (χ0v) is 22.3. The van der Waals surface area contributed by atoms with Crippen molar-refractivity contribution in [2.24, 2.45) is 0 Å². The van der Waals surface area contributed by atoms with E-state index >= 15 is 4.39 Å². The van der Waals surface area contributed by atoms with Crippen LogP contribution in [0.15, 0.2) is 6.20 Å². The SMILES string of the molecule is CN(C)c1nc(N2CCC(N(C)C)C2)nc2c(F)c(-c3ncc(F)c4sc(N)c(C#N)c34)c3c(c12)COC3. The number of nitrogens with zero attached hydrogens (tertiary/aromatic N) is 7. The summed E-state index contributed by atoms with van der Waals surface area (Å²) in [6.45, 7) is 1.87. The van der Waals surface area contributed by atoms with Crippen molar-refractivity contribution in [2.45, 2.75) is 25.7 Å². The first kappa shape index (κ1) is 24.7. The molecule has 6 rings (SSSR count). The van der Waals surface area contributed by atoms with Gasteiger partial charge in [0, 0.05) is 44.2 Å². The number of nitrogen functional groups attached to an aromatic ring is 1. The molecule has 4 aromatic rings. The minimum Gasteiger partial charge on any atom is -0.389 e. The van der Waals surface area contributed by atoms with Crippen LogP contribution in [0.1, 0.15) is 23.1 Å². The van der Waals surface area contributed by atoms with E-state index in [1.807, 2.05) is 39.2 Å². The van der Waals surface area contributed by atoms with Crippen molar-refractivity contribution in [1.82, 2.24) is 19.9 Å². The Morgan fingerprint density at radius 1 is 1.16 bits per heavy atom. The lowest BCUT2D eigenvalue weighted by Crippen LogP contribution is -2.32. The van der Waals surface area contributed by atoms with Crippen LogP contribution in [-0.4, -0.2) is 67.2 Å². The molecule has 1 fully saturated rings.